The molecule has 4 heterocycles. The van der Waals surface area contributed by atoms with Crippen molar-refractivity contribution in [3.63, 3.8) is 0 Å². The third-order valence-electron chi connectivity index (χ3n) is 4.93. The Kier molecular flexibility index (Phi) is 2.79. The summed E-state index contributed by atoms with van der Waals surface area (Å²) >= 11 is 6.19. The molecular weight excluding hydrogens is 310 g/mol. The molecule has 5 nitrogen and oxygen atoms in total. The van der Waals surface area contributed by atoms with Gasteiger partial charge in [-0.3, -0.25) is 0 Å². The SMILES string of the molecule is Clc1cn2ccnc2c(N2C[C@@H]3C[C@H]2CN3c2ccccc2)n1. The Morgan fingerprint density at radius 2 is 1.83 bits per heavy atom. The van der Waals surface area contributed by atoms with Crippen LogP contribution in [0, 0.1) is 0 Å². The topological polar surface area (TPSA) is 36.7 Å². The molecule has 2 fully saturated rings. The quantitative estimate of drug-likeness (QED) is 0.726. The highest BCUT2D eigenvalue weighted by Crippen LogP contribution is 2.37. The maximum atomic E-state index is 6.19. The lowest BCUT2D eigenvalue weighted by atomic mass is 10.2. The van der Waals surface area contributed by atoms with Crippen LogP contribution >= 0.6 is 11.6 Å². The minimum atomic E-state index is 0.465. The predicted molar refractivity (Wildman–Crippen MR) is 91.3 cm³/mol. The lowest BCUT2D eigenvalue weighted by Gasteiger charge is -2.36. The number of rotatable bonds is 2. The molecule has 0 N–H and O–H groups in total. The van der Waals surface area contributed by atoms with Crippen LogP contribution < -0.4 is 9.80 Å². The van der Waals surface area contributed by atoms with Crippen LogP contribution in [0.15, 0.2) is 48.9 Å². The second-order valence-corrected chi connectivity index (χ2v) is 6.62. The van der Waals surface area contributed by atoms with Crippen molar-refractivity contribution in [2.75, 3.05) is 22.9 Å². The Morgan fingerprint density at radius 1 is 1.04 bits per heavy atom. The molecule has 3 aromatic rings. The van der Waals surface area contributed by atoms with Gasteiger partial charge in [0.25, 0.3) is 0 Å². The number of imidazole rings is 1. The summed E-state index contributed by atoms with van der Waals surface area (Å²) in [7, 11) is 0. The van der Waals surface area contributed by atoms with Crippen LogP contribution in [0.25, 0.3) is 5.65 Å². The molecule has 2 atom stereocenters. The van der Waals surface area contributed by atoms with E-state index in [-0.39, 0.29) is 0 Å². The van der Waals surface area contributed by atoms with Gasteiger partial charge in [0.1, 0.15) is 5.15 Å². The van der Waals surface area contributed by atoms with E-state index in [9.17, 15) is 0 Å². The zero-order valence-corrected chi connectivity index (χ0v) is 13.3. The molecule has 0 saturated carbocycles. The van der Waals surface area contributed by atoms with Crippen LogP contribution in [0.4, 0.5) is 11.5 Å². The van der Waals surface area contributed by atoms with Gasteiger partial charge in [-0.25, -0.2) is 9.97 Å². The molecular formula is C17H16ClN5. The van der Waals surface area contributed by atoms with Gasteiger partial charge in [0.2, 0.25) is 0 Å². The number of hydrogen-bond donors (Lipinski definition) is 0. The number of anilines is 2. The largest absolute Gasteiger partial charge is 0.365 e. The average molecular weight is 326 g/mol. The lowest BCUT2D eigenvalue weighted by Crippen LogP contribution is -2.47. The Bertz CT molecular complexity index is 862. The minimum absolute atomic E-state index is 0.465. The molecule has 0 unspecified atom stereocenters. The summed E-state index contributed by atoms with van der Waals surface area (Å²) in [5.74, 6) is 0.905. The smallest absolute Gasteiger partial charge is 0.180 e. The Labute approximate surface area is 139 Å². The third kappa shape index (κ3) is 2.00. The van der Waals surface area contributed by atoms with E-state index in [4.69, 9.17) is 11.6 Å². The number of fused-ring (bicyclic) bond motifs is 3. The Balaban J connectivity index is 1.48. The van der Waals surface area contributed by atoms with Crippen LogP contribution in [-0.2, 0) is 0 Å². The maximum Gasteiger partial charge on any atom is 0.180 e. The van der Waals surface area contributed by atoms with Crippen molar-refractivity contribution in [1.82, 2.24) is 14.4 Å². The van der Waals surface area contributed by atoms with Gasteiger partial charge in [-0.1, -0.05) is 29.8 Å². The van der Waals surface area contributed by atoms with E-state index in [1.807, 2.05) is 10.6 Å². The number of halogens is 1. The van der Waals surface area contributed by atoms with E-state index in [2.05, 4.69) is 50.1 Å². The minimum Gasteiger partial charge on any atom is -0.365 e. The second-order valence-electron chi connectivity index (χ2n) is 6.23. The highest BCUT2D eigenvalue weighted by atomic mass is 35.5. The van der Waals surface area contributed by atoms with Gasteiger partial charge in [-0.2, -0.15) is 0 Å². The zero-order chi connectivity index (χ0) is 15.4. The standard InChI is InChI=1S/C17H16ClN5/c18-15-11-21-7-6-19-16(21)17(20-15)23-10-13-8-14(23)9-22(13)12-4-2-1-3-5-12/h1-7,11,13-14H,8-10H2/t13-,14-/m0/s1. The molecule has 116 valence electrons. The monoisotopic (exact) mass is 325 g/mol. The summed E-state index contributed by atoms with van der Waals surface area (Å²) in [6.07, 6.45) is 6.67. The molecule has 0 aliphatic carbocycles. The fraction of sp³-hybridized carbons (Fsp3) is 0.294. The summed E-state index contributed by atoms with van der Waals surface area (Å²) in [6, 6.07) is 11.6. The highest BCUT2D eigenvalue weighted by molar-refractivity contribution is 6.29. The molecule has 23 heavy (non-hydrogen) atoms. The van der Waals surface area contributed by atoms with E-state index in [1.165, 1.54) is 5.69 Å². The molecule has 6 heteroatoms. The molecule has 2 bridgehead atoms. The number of piperazine rings is 1. The predicted octanol–water partition coefficient (Wildman–Crippen LogP) is 2.85. The number of aromatic nitrogens is 3. The van der Waals surface area contributed by atoms with Crippen LogP contribution in [0.2, 0.25) is 5.15 Å². The first-order valence-electron chi connectivity index (χ1n) is 7.87. The van der Waals surface area contributed by atoms with E-state index in [0.29, 0.717) is 17.2 Å². The van der Waals surface area contributed by atoms with Gasteiger partial charge in [-0.15, -0.1) is 0 Å². The number of nitrogens with zero attached hydrogens (tertiary/aromatic N) is 5. The van der Waals surface area contributed by atoms with Crippen molar-refractivity contribution in [1.29, 1.82) is 0 Å². The fourth-order valence-corrected chi connectivity index (χ4v) is 4.13. The Morgan fingerprint density at radius 3 is 2.61 bits per heavy atom. The molecule has 5 rings (SSSR count). The first-order chi connectivity index (χ1) is 11.3. The van der Waals surface area contributed by atoms with Crippen molar-refractivity contribution in [3.05, 3.63) is 54.1 Å². The first-order valence-corrected chi connectivity index (χ1v) is 8.25. The van der Waals surface area contributed by atoms with E-state index < -0.39 is 0 Å². The molecule has 2 aliphatic heterocycles. The summed E-state index contributed by atoms with van der Waals surface area (Å²) in [6.45, 7) is 1.99. The van der Waals surface area contributed by atoms with Crippen molar-refractivity contribution < 1.29 is 0 Å². The molecule has 0 spiro atoms. The van der Waals surface area contributed by atoms with Gasteiger partial charge in [0.05, 0.1) is 6.04 Å². The van der Waals surface area contributed by atoms with Crippen LogP contribution in [0.5, 0.6) is 0 Å². The van der Waals surface area contributed by atoms with E-state index in [0.717, 1.165) is 31.0 Å². The number of benzene rings is 1. The summed E-state index contributed by atoms with van der Waals surface area (Å²) in [4.78, 5) is 13.9. The Hall–Kier alpha value is -2.27. The normalized spacial score (nSPS) is 23.2. The molecule has 0 radical (unpaired) electrons. The van der Waals surface area contributed by atoms with E-state index >= 15 is 0 Å². The summed E-state index contributed by atoms with van der Waals surface area (Å²) in [5, 5.41) is 0.508. The van der Waals surface area contributed by atoms with Crippen molar-refractivity contribution >= 4 is 28.8 Å². The molecule has 1 aromatic carbocycles. The number of hydrogen-bond acceptors (Lipinski definition) is 4. The third-order valence-corrected chi connectivity index (χ3v) is 5.11. The molecule has 2 saturated heterocycles. The van der Waals surface area contributed by atoms with Crippen LogP contribution in [-0.4, -0.2) is 39.5 Å². The van der Waals surface area contributed by atoms with Gasteiger partial charge < -0.3 is 14.2 Å². The van der Waals surface area contributed by atoms with Crippen molar-refractivity contribution in [2.24, 2.45) is 0 Å². The molecule has 0 amide bonds. The van der Waals surface area contributed by atoms with Gasteiger partial charge in [0, 0.05) is 43.4 Å². The second kappa shape index (κ2) is 4.86. The van der Waals surface area contributed by atoms with Gasteiger partial charge in [0.15, 0.2) is 11.5 Å². The molecule has 2 aromatic heterocycles. The summed E-state index contributed by atoms with van der Waals surface area (Å²) in [5.41, 5.74) is 2.19. The van der Waals surface area contributed by atoms with Crippen LogP contribution in [0.1, 0.15) is 6.42 Å². The maximum absolute atomic E-state index is 6.19. The zero-order valence-electron chi connectivity index (χ0n) is 12.5. The van der Waals surface area contributed by atoms with Crippen LogP contribution in [0.3, 0.4) is 0 Å². The van der Waals surface area contributed by atoms with Gasteiger partial charge in [-0.05, 0) is 18.6 Å². The van der Waals surface area contributed by atoms with Crippen molar-refractivity contribution in [2.45, 2.75) is 18.5 Å². The first kappa shape index (κ1) is 13.2. The van der Waals surface area contributed by atoms with Crippen molar-refractivity contribution in [3.8, 4) is 0 Å². The lowest BCUT2D eigenvalue weighted by molar-refractivity contribution is 0.641. The highest BCUT2D eigenvalue weighted by Gasteiger charge is 2.44. The fourth-order valence-electron chi connectivity index (χ4n) is 3.94. The number of para-hydroxylation sites is 1. The summed E-state index contributed by atoms with van der Waals surface area (Å²) < 4.78 is 1.95. The van der Waals surface area contributed by atoms with Gasteiger partial charge >= 0.3 is 0 Å². The molecule has 2 aliphatic rings. The average Bonchev–Trinajstić information content (AvgIpc) is 3.29. The van der Waals surface area contributed by atoms with E-state index in [1.54, 1.807) is 12.4 Å².